The van der Waals surface area contributed by atoms with E-state index in [0.29, 0.717) is 0 Å². The van der Waals surface area contributed by atoms with E-state index in [1.807, 2.05) is 30.1 Å². The molecule has 0 saturated carbocycles. The molecule has 0 atom stereocenters. The molecule has 0 bridgehead atoms. The van der Waals surface area contributed by atoms with Crippen LogP contribution in [0.2, 0.25) is 0 Å². The molecule has 0 amide bonds. The Labute approximate surface area is 112 Å². The molecule has 1 heterocycles. The van der Waals surface area contributed by atoms with Crippen LogP contribution in [0.4, 0.5) is 5.69 Å². The summed E-state index contributed by atoms with van der Waals surface area (Å²) in [5, 5.41) is 0. The Morgan fingerprint density at radius 1 is 1.39 bits per heavy atom. The van der Waals surface area contributed by atoms with Crippen molar-refractivity contribution in [2.75, 3.05) is 5.73 Å². The molecule has 18 heavy (non-hydrogen) atoms. The molecule has 0 fully saturated rings. The number of nitrogens with zero attached hydrogens (tertiary/aromatic N) is 2. The third-order valence-corrected chi connectivity index (χ3v) is 3.99. The Bertz CT molecular complexity index is 520. The van der Waals surface area contributed by atoms with E-state index < -0.39 is 0 Å². The largest absolute Gasteiger partial charge is 0.399 e. The van der Waals surface area contributed by atoms with Gasteiger partial charge in [-0.05, 0) is 37.1 Å². The highest BCUT2D eigenvalue weighted by Gasteiger charge is 2.05. The number of nitrogen functional groups attached to an aromatic ring is 1. The van der Waals surface area contributed by atoms with Crippen LogP contribution in [0.25, 0.3) is 0 Å². The minimum Gasteiger partial charge on any atom is -0.399 e. The molecule has 3 nitrogen and oxygen atoms in total. The van der Waals surface area contributed by atoms with Gasteiger partial charge < -0.3 is 10.3 Å². The molecule has 4 heteroatoms. The summed E-state index contributed by atoms with van der Waals surface area (Å²) < 4.78 is 2.22. The van der Waals surface area contributed by atoms with Crippen molar-refractivity contribution in [3.05, 3.63) is 42.0 Å². The lowest BCUT2D eigenvalue weighted by molar-refractivity contribution is 0.655. The lowest BCUT2D eigenvalue weighted by Crippen LogP contribution is -2.01. The maximum atomic E-state index is 5.76. The van der Waals surface area contributed by atoms with Crippen molar-refractivity contribution in [1.29, 1.82) is 0 Å². The third kappa shape index (κ3) is 3.07. The molecule has 0 radical (unpaired) electrons. The number of anilines is 1. The van der Waals surface area contributed by atoms with E-state index in [2.05, 4.69) is 35.7 Å². The van der Waals surface area contributed by atoms with E-state index in [4.69, 9.17) is 5.73 Å². The third-order valence-electron chi connectivity index (χ3n) is 2.82. The van der Waals surface area contributed by atoms with Crippen LogP contribution in [0.5, 0.6) is 0 Å². The summed E-state index contributed by atoms with van der Waals surface area (Å²) in [5.74, 6) is 2.04. The molecular weight excluding hydrogens is 242 g/mol. The van der Waals surface area contributed by atoms with E-state index >= 15 is 0 Å². The standard InChI is InChI=1S/C14H19N3S/c1-3-7-17-8-6-16-14(17)10-18-13-5-4-12(15)9-11(13)2/h4-6,8-9H,3,7,10,15H2,1-2H3. The highest BCUT2D eigenvalue weighted by atomic mass is 32.2. The molecule has 1 aromatic heterocycles. The number of nitrogens with two attached hydrogens (primary N) is 1. The molecule has 0 saturated heterocycles. The van der Waals surface area contributed by atoms with Gasteiger partial charge >= 0.3 is 0 Å². The monoisotopic (exact) mass is 261 g/mol. The summed E-state index contributed by atoms with van der Waals surface area (Å²) in [5.41, 5.74) is 7.81. The molecule has 0 aliphatic heterocycles. The normalized spacial score (nSPS) is 10.8. The summed E-state index contributed by atoms with van der Waals surface area (Å²) in [6.07, 6.45) is 5.06. The first-order valence-corrected chi connectivity index (χ1v) is 7.18. The van der Waals surface area contributed by atoms with Crippen molar-refractivity contribution in [3.8, 4) is 0 Å². The quantitative estimate of drug-likeness (QED) is 0.662. The lowest BCUT2D eigenvalue weighted by Gasteiger charge is -2.08. The Balaban J connectivity index is 2.04. The van der Waals surface area contributed by atoms with E-state index in [1.165, 1.54) is 10.5 Å². The number of thioether (sulfide) groups is 1. The zero-order chi connectivity index (χ0) is 13.0. The first-order valence-electron chi connectivity index (χ1n) is 6.19. The Kier molecular flexibility index (Phi) is 4.31. The van der Waals surface area contributed by atoms with Crippen LogP contribution in [0.15, 0.2) is 35.5 Å². The second kappa shape index (κ2) is 5.96. The maximum absolute atomic E-state index is 5.76. The summed E-state index contributed by atoms with van der Waals surface area (Å²) >= 11 is 1.81. The topological polar surface area (TPSA) is 43.8 Å². The zero-order valence-corrected chi connectivity index (χ0v) is 11.7. The highest BCUT2D eigenvalue weighted by Crippen LogP contribution is 2.26. The number of benzene rings is 1. The van der Waals surface area contributed by atoms with Crippen molar-refractivity contribution in [2.24, 2.45) is 0 Å². The first kappa shape index (κ1) is 13.0. The van der Waals surface area contributed by atoms with Crippen molar-refractivity contribution >= 4 is 17.4 Å². The van der Waals surface area contributed by atoms with E-state index in [-0.39, 0.29) is 0 Å². The summed E-state index contributed by atoms with van der Waals surface area (Å²) in [4.78, 5) is 5.69. The highest BCUT2D eigenvalue weighted by molar-refractivity contribution is 7.98. The van der Waals surface area contributed by atoms with Gasteiger partial charge in [0, 0.05) is 29.5 Å². The van der Waals surface area contributed by atoms with E-state index in [9.17, 15) is 0 Å². The van der Waals surface area contributed by atoms with Crippen LogP contribution >= 0.6 is 11.8 Å². The predicted octanol–water partition coefficient (Wildman–Crippen LogP) is 3.48. The molecule has 0 aliphatic carbocycles. The fraction of sp³-hybridized carbons (Fsp3) is 0.357. The molecule has 0 unspecified atom stereocenters. The molecule has 2 rings (SSSR count). The summed E-state index contributed by atoms with van der Waals surface area (Å²) in [6.45, 7) is 5.31. The Hall–Kier alpha value is -1.42. The summed E-state index contributed by atoms with van der Waals surface area (Å²) in [6, 6.07) is 6.05. The van der Waals surface area contributed by atoms with Gasteiger partial charge in [-0.25, -0.2) is 4.98 Å². The second-order valence-electron chi connectivity index (χ2n) is 4.35. The number of hydrogen-bond acceptors (Lipinski definition) is 3. The van der Waals surface area contributed by atoms with Crippen molar-refractivity contribution in [1.82, 2.24) is 9.55 Å². The predicted molar refractivity (Wildman–Crippen MR) is 77.7 cm³/mol. The molecule has 2 aromatic rings. The van der Waals surface area contributed by atoms with Crippen molar-refractivity contribution < 1.29 is 0 Å². The second-order valence-corrected chi connectivity index (χ2v) is 5.37. The van der Waals surface area contributed by atoms with Crippen LogP contribution in [0.1, 0.15) is 24.7 Å². The van der Waals surface area contributed by atoms with Crippen LogP contribution in [-0.4, -0.2) is 9.55 Å². The minimum atomic E-state index is 0.823. The van der Waals surface area contributed by atoms with Gasteiger partial charge in [0.25, 0.3) is 0 Å². The molecule has 0 spiro atoms. The lowest BCUT2D eigenvalue weighted by atomic mass is 10.2. The van der Waals surface area contributed by atoms with Crippen molar-refractivity contribution in [3.63, 3.8) is 0 Å². The minimum absolute atomic E-state index is 0.823. The maximum Gasteiger partial charge on any atom is 0.119 e. The van der Waals surface area contributed by atoms with E-state index in [1.54, 1.807) is 0 Å². The Morgan fingerprint density at radius 3 is 2.94 bits per heavy atom. The number of aromatic nitrogens is 2. The number of imidazole rings is 1. The van der Waals surface area contributed by atoms with Gasteiger partial charge in [0.1, 0.15) is 5.82 Å². The van der Waals surface area contributed by atoms with Crippen LogP contribution in [0, 0.1) is 6.92 Å². The SMILES string of the molecule is CCCn1ccnc1CSc1ccc(N)cc1C. The zero-order valence-electron chi connectivity index (χ0n) is 10.9. The van der Waals surface area contributed by atoms with Gasteiger partial charge in [-0.3, -0.25) is 0 Å². The van der Waals surface area contributed by atoms with Gasteiger partial charge in [-0.1, -0.05) is 6.92 Å². The smallest absolute Gasteiger partial charge is 0.119 e. The average molecular weight is 261 g/mol. The molecule has 0 aliphatic rings. The van der Waals surface area contributed by atoms with Gasteiger partial charge in [-0.15, -0.1) is 11.8 Å². The van der Waals surface area contributed by atoms with Gasteiger partial charge in [0.2, 0.25) is 0 Å². The van der Waals surface area contributed by atoms with Gasteiger partial charge in [-0.2, -0.15) is 0 Å². The molecule has 1 aromatic carbocycles. The summed E-state index contributed by atoms with van der Waals surface area (Å²) in [7, 11) is 0. The van der Waals surface area contributed by atoms with Crippen molar-refractivity contribution in [2.45, 2.75) is 37.5 Å². The van der Waals surface area contributed by atoms with Crippen LogP contribution in [0.3, 0.4) is 0 Å². The Morgan fingerprint density at radius 2 is 2.22 bits per heavy atom. The van der Waals surface area contributed by atoms with Crippen LogP contribution < -0.4 is 5.73 Å². The van der Waals surface area contributed by atoms with Crippen LogP contribution in [-0.2, 0) is 12.3 Å². The fourth-order valence-electron chi connectivity index (χ4n) is 1.90. The number of rotatable bonds is 5. The van der Waals surface area contributed by atoms with Gasteiger partial charge in [0.05, 0.1) is 5.75 Å². The average Bonchev–Trinajstić information content (AvgIpc) is 2.76. The number of aryl methyl sites for hydroxylation is 2. The van der Waals surface area contributed by atoms with Gasteiger partial charge in [0.15, 0.2) is 0 Å². The molecule has 2 N–H and O–H groups in total. The molecular formula is C14H19N3S. The number of hydrogen-bond donors (Lipinski definition) is 1. The molecule has 96 valence electrons. The first-order chi connectivity index (χ1) is 8.70. The van der Waals surface area contributed by atoms with E-state index in [0.717, 1.165) is 30.2 Å². The fourth-order valence-corrected chi connectivity index (χ4v) is 2.88.